The van der Waals surface area contributed by atoms with Gasteiger partial charge in [-0.05, 0) is 31.9 Å². The van der Waals surface area contributed by atoms with Crippen LogP contribution in [0.3, 0.4) is 0 Å². The van der Waals surface area contributed by atoms with Crippen LogP contribution in [0.1, 0.15) is 24.4 Å². The molecule has 1 aliphatic heterocycles. The topological polar surface area (TPSA) is 29.9 Å². The Labute approximate surface area is 108 Å². The van der Waals surface area contributed by atoms with Gasteiger partial charge in [0.1, 0.15) is 0 Å². The average molecular weight is 241 g/mol. The van der Waals surface area contributed by atoms with E-state index in [-0.39, 0.29) is 0 Å². The van der Waals surface area contributed by atoms with Crippen molar-refractivity contribution in [2.45, 2.75) is 25.8 Å². The molecule has 3 rings (SSSR count). The van der Waals surface area contributed by atoms with E-state index >= 15 is 0 Å². The van der Waals surface area contributed by atoms with E-state index in [4.69, 9.17) is 0 Å². The third-order valence-corrected chi connectivity index (χ3v) is 3.75. The summed E-state index contributed by atoms with van der Waals surface area (Å²) in [5.74, 6) is 0. The lowest BCUT2D eigenvalue weighted by atomic mass is 10.0. The molecule has 0 spiro atoms. The summed E-state index contributed by atoms with van der Waals surface area (Å²) in [6.07, 6.45) is 6.44. The SMILES string of the molecule is Cc1ccccc1-c1cncn1C1CCCNC1. The van der Waals surface area contributed by atoms with Crippen molar-refractivity contribution in [3.05, 3.63) is 42.4 Å². The number of nitrogens with zero attached hydrogens (tertiary/aromatic N) is 2. The highest BCUT2D eigenvalue weighted by Crippen LogP contribution is 2.27. The van der Waals surface area contributed by atoms with Gasteiger partial charge in [-0.3, -0.25) is 0 Å². The number of hydrogen-bond donors (Lipinski definition) is 1. The standard InChI is InChI=1S/C15H19N3/c1-12-5-2-3-7-14(12)15-10-17-11-18(15)13-6-4-8-16-9-13/h2-3,5,7,10-11,13,16H,4,6,8-9H2,1H3. The van der Waals surface area contributed by atoms with Crippen molar-refractivity contribution in [1.82, 2.24) is 14.9 Å². The maximum Gasteiger partial charge on any atom is 0.0954 e. The molecule has 2 heterocycles. The summed E-state index contributed by atoms with van der Waals surface area (Å²) in [5, 5.41) is 3.47. The van der Waals surface area contributed by atoms with Gasteiger partial charge in [0.05, 0.1) is 18.2 Å². The van der Waals surface area contributed by atoms with E-state index in [1.807, 2.05) is 12.5 Å². The van der Waals surface area contributed by atoms with Crippen LogP contribution in [0.5, 0.6) is 0 Å². The van der Waals surface area contributed by atoms with Gasteiger partial charge in [0, 0.05) is 18.2 Å². The molecule has 1 aromatic carbocycles. The summed E-state index contributed by atoms with van der Waals surface area (Å²) in [6.45, 7) is 4.35. The molecule has 1 atom stereocenters. The van der Waals surface area contributed by atoms with Crippen molar-refractivity contribution in [2.24, 2.45) is 0 Å². The zero-order valence-electron chi connectivity index (χ0n) is 10.8. The molecule has 3 nitrogen and oxygen atoms in total. The minimum atomic E-state index is 0.538. The molecule has 1 N–H and O–H groups in total. The predicted octanol–water partition coefficient (Wildman–Crippen LogP) is 2.78. The summed E-state index contributed by atoms with van der Waals surface area (Å²) >= 11 is 0. The van der Waals surface area contributed by atoms with Crippen molar-refractivity contribution in [1.29, 1.82) is 0 Å². The third-order valence-electron chi connectivity index (χ3n) is 3.75. The number of imidazole rings is 1. The number of rotatable bonds is 2. The molecule has 1 aliphatic rings. The molecule has 1 fully saturated rings. The lowest BCUT2D eigenvalue weighted by Crippen LogP contribution is -2.31. The molecular weight excluding hydrogens is 222 g/mol. The molecule has 0 radical (unpaired) electrons. The zero-order valence-corrected chi connectivity index (χ0v) is 10.8. The summed E-state index contributed by atoms with van der Waals surface area (Å²) < 4.78 is 2.33. The van der Waals surface area contributed by atoms with Crippen LogP contribution in [0, 0.1) is 6.92 Å². The van der Waals surface area contributed by atoms with Crippen LogP contribution in [0.2, 0.25) is 0 Å². The second-order valence-electron chi connectivity index (χ2n) is 5.00. The second-order valence-corrected chi connectivity index (χ2v) is 5.00. The first kappa shape index (κ1) is 11.5. The summed E-state index contributed by atoms with van der Waals surface area (Å²) in [5.41, 5.74) is 3.84. The van der Waals surface area contributed by atoms with Gasteiger partial charge < -0.3 is 9.88 Å². The molecular formula is C15H19N3. The van der Waals surface area contributed by atoms with E-state index in [2.05, 4.69) is 46.1 Å². The highest BCUT2D eigenvalue weighted by atomic mass is 15.1. The third kappa shape index (κ3) is 2.06. The molecule has 0 aliphatic carbocycles. The van der Waals surface area contributed by atoms with Gasteiger partial charge in [-0.1, -0.05) is 24.3 Å². The highest BCUT2D eigenvalue weighted by Gasteiger charge is 2.18. The van der Waals surface area contributed by atoms with Crippen LogP contribution in [0.4, 0.5) is 0 Å². The smallest absolute Gasteiger partial charge is 0.0954 e. The molecule has 1 unspecified atom stereocenters. The Balaban J connectivity index is 1.98. The number of aromatic nitrogens is 2. The lowest BCUT2D eigenvalue weighted by molar-refractivity contribution is 0.373. The van der Waals surface area contributed by atoms with Crippen LogP contribution >= 0.6 is 0 Å². The van der Waals surface area contributed by atoms with E-state index in [9.17, 15) is 0 Å². The van der Waals surface area contributed by atoms with E-state index in [0.29, 0.717) is 6.04 Å². The van der Waals surface area contributed by atoms with Crippen molar-refractivity contribution < 1.29 is 0 Å². The Hall–Kier alpha value is -1.61. The molecule has 1 aromatic heterocycles. The fourth-order valence-electron chi connectivity index (χ4n) is 2.74. The average Bonchev–Trinajstić information content (AvgIpc) is 2.89. The summed E-state index contributed by atoms with van der Waals surface area (Å²) in [4.78, 5) is 4.35. The number of hydrogen-bond acceptors (Lipinski definition) is 2. The van der Waals surface area contributed by atoms with Crippen LogP contribution in [0.25, 0.3) is 11.3 Å². The van der Waals surface area contributed by atoms with Gasteiger partial charge >= 0.3 is 0 Å². The van der Waals surface area contributed by atoms with Gasteiger partial charge in [-0.15, -0.1) is 0 Å². The van der Waals surface area contributed by atoms with Crippen LogP contribution in [-0.4, -0.2) is 22.6 Å². The van der Waals surface area contributed by atoms with Crippen molar-refractivity contribution in [3.8, 4) is 11.3 Å². The van der Waals surface area contributed by atoms with Crippen LogP contribution < -0.4 is 5.32 Å². The van der Waals surface area contributed by atoms with Crippen molar-refractivity contribution in [3.63, 3.8) is 0 Å². The van der Waals surface area contributed by atoms with Gasteiger partial charge in [0.2, 0.25) is 0 Å². The van der Waals surface area contributed by atoms with Crippen molar-refractivity contribution in [2.75, 3.05) is 13.1 Å². The summed E-state index contributed by atoms with van der Waals surface area (Å²) in [6, 6.07) is 9.06. The first-order valence-electron chi connectivity index (χ1n) is 6.65. The van der Waals surface area contributed by atoms with Gasteiger partial charge in [-0.25, -0.2) is 4.98 Å². The molecule has 3 heteroatoms. The molecule has 18 heavy (non-hydrogen) atoms. The Kier molecular flexibility index (Phi) is 3.15. The Morgan fingerprint density at radius 3 is 3.00 bits per heavy atom. The van der Waals surface area contributed by atoms with E-state index in [1.54, 1.807) is 0 Å². The Bertz CT molecular complexity index is 524. The summed E-state index contributed by atoms with van der Waals surface area (Å²) in [7, 11) is 0. The maximum absolute atomic E-state index is 4.35. The van der Waals surface area contributed by atoms with Gasteiger partial charge in [-0.2, -0.15) is 0 Å². The van der Waals surface area contributed by atoms with Crippen LogP contribution in [0.15, 0.2) is 36.8 Å². The number of nitrogens with one attached hydrogen (secondary N) is 1. The van der Waals surface area contributed by atoms with Gasteiger partial charge in [0.25, 0.3) is 0 Å². The first-order chi connectivity index (χ1) is 8.86. The number of aryl methyl sites for hydroxylation is 1. The molecule has 94 valence electrons. The predicted molar refractivity (Wildman–Crippen MR) is 73.5 cm³/mol. The fourth-order valence-corrected chi connectivity index (χ4v) is 2.74. The molecule has 0 amide bonds. The minimum Gasteiger partial charge on any atom is -0.326 e. The van der Waals surface area contributed by atoms with Gasteiger partial charge in [0.15, 0.2) is 0 Å². The largest absolute Gasteiger partial charge is 0.326 e. The maximum atomic E-state index is 4.35. The second kappa shape index (κ2) is 4.94. The molecule has 2 aromatic rings. The zero-order chi connectivity index (χ0) is 12.4. The Morgan fingerprint density at radius 2 is 2.22 bits per heavy atom. The molecule has 1 saturated heterocycles. The van der Waals surface area contributed by atoms with Crippen LogP contribution in [-0.2, 0) is 0 Å². The Morgan fingerprint density at radius 1 is 1.33 bits per heavy atom. The lowest BCUT2D eigenvalue weighted by Gasteiger charge is -2.26. The quantitative estimate of drug-likeness (QED) is 0.876. The van der Waals surface area contributed by atoms with E-state index < -0.39 is 0 Å². The van der Waals surface area contributed by atoms with Crippen molar-refractivity contribution >= 4 is 0 Å². The molecule has 0 saturated carbocycles. The normalized spacial score (nSPS) is 19.9. The molecule has 0 bridgehead atoms. The fraction of sp³-hybridized carbons (Fsp3) is 0.400. The highest BCUT2D eigenvalue weighted by molar-refractivity contribution is 5.63. The number of piperidine rings is 1. The number of benzene rings is 1. The van der Waals surface area contributed by atoms with E-state index in [0.717, 1.165) is 13.1 Å². The first-order valence-corrected chi connectivity index (χ1v) is 6.65. The monoisotopic (exact) mass is 241 g/mol. The minimum absolute atomic E-state index is 0.538. The van der Waals surface area contributed by atoms with E-state index in [1.165, 1.54) is 29.7 Å².